The maximum atomic E-state index is 13.0. The van der Waals surface area contributed by atoms with Gasteiger partial charge in [0.25, 0.3) is 0 Å². The van der Waals surface area contributed by atoms with E-state index in [-0.39, 0.29) is 24.5 Å². The lowest BCUT2D eigenvalue weighted by atomic mass is 10.0. The summed E-state index contributed by atoms with van der Waals surface area (Å²) in [5, 5.41) is 0. The summed E-state index contributed by atoms with van der Waals surface area (Å²) < 4.78 is 26.0. The summed E-state index contributed by atoms with van der Waals surface area (Å²) >= 11 is 1.48. The van der Waals surface area contributed by atoms with E-state index in [1.807, 2.05) is 31.2 Å². The summed E-state index contributed by atoms with van der Waals surface area (Å²) in [6.07, 6.45) is 0.604. The number of Topliss-reactive ketones (excluding diaryl/α,β-unsaturated/α-hetero) is 1. The minimum Gasteiger partial charge on any atom is -0.299 e. The molecular weight excluding hydrogens is 266 g/mol. The van der Waals surface area contributed by atoms with Crippen molar-refractivity contribution in [2.45, 2.75) is 43.4 Å². The molecule has 4 heteroatoms. The van der Waals surface area contributed by atoms with E-state index in [2.05, 4.69) is 0 Å². The molecule has 1 aromatic carbocycles. The first-order valence-corrected chi connectivity index (χ1v) is 7.52. The molecule has 2 rings (SSSR count). The Morgan fingerprint density at radius 1 is 1.37 bits per heavy atom. The summed E-state index contributed by atoms with van der Waals surface area (Å²) in [5.41, 5.74) is 1.18. The summed E-state index contributed by atoms with van der Waals surface area (Å²) in [4.78, 5) is 12.8. The lowest BCUT2D eigenvalue weighted by Crippen LogP contribution is -2.12. The molecule has 0 radical (unpaired) electrons. The van der Waals surface area contributed by atoms with Crippen molar-refractivity contribution in [2.75, 3.05) is 5.75 Å². The molecule has 1 nitrogen and oxygen atoms in total. The van der Waals surface area contributed by atoms with Crippen LogP contribution in [0, 0.1) is 12.8 Å². The van der Waals surface area contributed by atoms with Gasteiger partial charge in [-0.05, 0) is 31.4 Å². The van der Waals surface area contributed by atoms with Crippen LogP contribution in [0.3, 0.4) is 0 Å². The van der Waals surface area contributed by atoms with Crippen molar-refractivity contribution >= 4 is 17.5 Å². The van der Waals surface area contributed by atoms with E-state index in [1.165, 1.54) is 17.3 Å². The van der Waals surface area contributed by atoms with E-state index in [4.69, 9.17) is 0 Å². The highest BCUT2D eigenvalue weighted by Gasteiger charge is 2.39. The van der Waals surface area contributed by atoms with Crippen molar-refractivity contribution in [3.63, 3.8) is 0 Å². The van der Waals surface area contributed by atoms with Crippen molar-refractivity contribution in [1.29, 1.82) is 0 Å². The number of benzene rings is 1. The van der Waals surface area contributed by atoms with Crippen LogP contribution in [-0.4, -0.2) is 17.5 Å². The number of carbonyl (C=O) groups is 1. The van der Waals surface area contributed by atoms with Crippen LogP contribution in [0.15, 0.2) is 29.2 Å². The number of hydrogen-bond donors (Lipinski definition) is 0. The first kappa shape index (κ1) is 14.5. The predicted octanol–water partition coefficient (Wildman–Crippen LogP) is 4.48. The Morgan fingerprint density at radius 3 is 2.63 bits per heavy atom. The second-order valence-electron chi connectivity index (χ2n) is 5.31. The topological polar surface area (TPSA) is 17.1 Å². The Hall–Kier alpha value is -0.900. The van der Waals surface area contributed by atoms with Crippen molar-refractivity contribution in [2.24, 2.45) is 5.92 Å². The number of hydrogen-bond acceptors (Lipinski definition) is 2. The molecule has 1 unspecified atom stereocenters. The zero-order valence-corrected chi connectivity index (χ0v) is 11.8. The highest BCUT2D eigenvalue weighted by molar-refractivity contribution is 8.00. The molecular formula is C15H18F2OS. The molecule has 104 valence electrons. The molecule has 0 spiro atoms. The van der Waals surface area contributed by atoms with Gasteiger partial charge in [0, 0.05) is 24.2 Å². The molecule has 1 aliphatic carbocycles. The lowest BCUT2D eigenvalue weighted by molar-refractivity contribution is -0.117. The van der Waals surface area contributed by atoms with Crippen molar-refractivity contribution in [3.05, 3.63) is 29.8 Å². The lowest BCUT2D eigenvalue weighted by Gasteiger charge is -2.09. The van der Waals surface area contributed by atoms with Crippen LogP contribution in [0.5, 0.6) is 0 Å². The molecule has 0 aliphatic heterocycles. The van der Waals surface area contributed by atoms with Gasteiger partial charge in [-0.3, -0.25) is 4.79 Å². The van der Waals surface area contributed by atoms with Crippen molar-refractivity contribution in [3.8, 4) is 0 Å². The summed E-state index contributed by atoms with van der Waals surface area (Å²) in [7, 11) is 0. The number of ketones is 1. The van der Waals surface area contributed by atoms with Crippen LogP contribution in [0.2, 0.25) is 0 Å². The standard InChI is InChI=1S/C15H18F2OS/c1-11-2-4-14(5-3-11)19-10-13(18)8-12-6-7-15(16,17)9-12/h2-5,12H,6-10H2,1H3. The van der Waals surface area contributed by atoms with Gasteiger partial charge in [0.05, 0.1) is 5.75 Å². The van der Waals surface area contributed by atoms with Crippen molar-refractivity contribution < 1.29 is 13.6 Å². The molecule has 1 atom stereocenters. The molecule has 0 amide bonds. The van der Waals surface area contributed by atoms with Gasteiger partial charge < -0.3 is 0 Å². The number of carbonyl (C=O) groups excluding carboxylic acids is 1. The maximum Gasteiger partial charge on any atom is 0.248 e. The molecule has 0 aromatic heterocycles. The average molecular weight is 284 g/mol. The minimum absolute atomic E-state index is 0.0595. The van der Waals surface area contributed by atoms with E-state index in [1.54, 1.807) is 0 Å². The number of aryl methyl sites for hydroxylation is 1. The Balaban J connectivity index is 1.74. The fourth-order valence-corrected chi connectivity index (χ4v) is 3.17. The second-order valence-corrected chi connectivity index (χ2v) is 6.36. The van der Waals surface area contributed by atoms with Crippen LogP contribution in [0.1, 0.15) is 31.2 Å². The zero-order valence-electron chi connectivity index (χ0n) is 11.0. The third-order valence-electron chi connectivity index (χ3n) is 3.44. The van der Waals surface area contributed by atoms with Gasteiger partial charge in [-0.25, -0.2) is 8.78 Å². The van der Waals surface area contributed by atoms with E-state index in [0.717, 1.165) is 4.90 Å². The summed E-state index contributed by atoms with van der Waals surface area (Å²) in [6.45, 7) is 2.01. The number of halogens is 2. The van der Waals surface area contributed by atoms with Crippen LogP contribution < -0.4 is 0 Å². The Labute approximate surface area is 116 Å². The fourth-order valence-electron chi connectivity index (χ4n) is 2.40. The number of thioether (sulfide) groups is 1. The molecule has 19 heavy (non-hydrogen) atoms. The van der Waals surface area contributed by atoms with Gasteiger partial charge in [0.1, 0.15) is 5.78 Å². The van der Waals surface area contributed by atoms with Gasteiger partial charge in [-0.15, -0.1) is 11.8 Å². The third kappa shape index (κ3) is 4.60. The molecule has 1 saturated carbocycles. The number of rotatable bonds is 5. The highest BCUT2D eigenvalue weighted by Crippen LogP contribution is 2.40. The fraction of sp³-hybridized carbons (Fsp3) is 0.533. The van der Waals surface area contributed by atoms with E-state index in [9.17, 15) is 13.6 Å². The summed E-state index contributed by atoms with van der Waals surface area (Å²) in [6, 6.07) is 7.97. The molecule has 0 bridgehead atoms. The normalized spacial score (nSPS) is 21.5. The molecule has 1 fully saturated rings. The smallest absolute Gasteiger partial charge is 0.248 e. The first-order valence-electron chi connectivity index (χ1n) is 6.54. The maximum absolute atomic E-state index is 13.0. The van der Waals surface area contributed by atoms with Crippen LogP contribution in [0.4, 0.5) is 8.78 Å². The van der Waals surface area contributed by atoms with Gasteiger partial charge in [-0.2, -0.15) is 0 Å². The Kier molecular flexibility index (Phi) is 4.61. The van der Waals surface area contributed by atoms with Gasteiger partial charge in [-0.1, -0.05) is 17.7 Å². The third-order valence-corrected chi connectivity index (χ3v) is 4.51. The Morgan fingerprint density at radius 2 is 2.05 bits per heavy atom. The molecule has 0 N–H and O–H groups in total. The molecule has 1 aliphatic rings. The second kappa shape index (κ2) is 6.04. The molecule has 0 saturated heterocycles. The minimum atomic E-state index is -2.55. The van der Waals surface area contributed by atoms with Crippen LogP contribution in [-0.2, 0) is 4.79 Å². The summed E-state index contributed by atoms with van der Waals surface area (Å²) in [5.74, 6) is -2.21. The number of alkyl halides is 2. The van der Waals surface area contributed by atoms with Crippen LogP contribution >= 0.6 is 11.8 Å². The monoisotopic (exact) mass is 284 g/mol. The predicted molar refractivity (Wildman–Crippen MR) is 73.8 cm³/mol. The van der Waals surface area contributed by atoms with Crippen molar-refractivity contribution in [1.82, 2.24) is 0 Å². The van der Waals surface area contributed by atoms with Gasteiger partial charge in [0.2, 0.25) is 5.92 Å². The zero-order chi connectivity index (χ0) is 13.9. The van der Waals surface area contributed by atoms with E-state index >= 15 is 0 Å². The van der Waals surface area contributed by atoms with Gasteiger partial charge in [0.15, 0.2) is 0 Å². The largest absolute Gasteiger partial charge is 0.299 e. The van der Waals surface area contributed by atoms with Crippen LogP contribution in [0.25, 0.3) is 0 Å². The van der Waals surface area contributed by atoms with E-state index in [0.29, 0.717) is 18.6 Å². The average Bonchev–Trinajstić information content (AvgIpc) is 2.68. The SMILES string of the molecule is Cc1ccc(SCC(=O)CC2CCC(F)(F)C2)cc1. The molecule has 0 heterocycles. The molecule has 1 aromatic rings. The highest BCUT2D eigenvalue weighted by atomic mass is 32.2. The Bertz CT molecular complexity index is 442. The first-order chi connectivity index (χ1) is 8.94. The quantitative estimate of drug-likeness (QED) is 0.741. The van der Waals surface area contributed by atoms with Gasteiger partial charge >= 0.3 is 0 Å². The van der Waals surface area contributed by atoms with E-state index < -0.39 is 5.92 Å².